The van der Waals surface area contributed by atoms with Crippen molar-refractivity contribution < 1.29 is 14.3 Å². The first kappa shape index (κ1) is 13.9. The third-order valence-electron chi connectivity index (χ3n) is 3.93. The van der Waals surface area contributed by atoms with Gasteiger partial charge in [0.2, 0.25) is 6.10 Å². The van der Waals surface area contributed by atoms with E-state index in [1.54, 1.807) is 11.3 Å². The summed E-state index contributed by atoms with van der Waals surface area (Å²) in [6.45, 7) is 1.55. The van der Waals surface area contributed by atoms with Gasteiger partial charge in [-0.1, -0.05) is 23.7 Å². The van der Waals surface area contributed by atoms with Crippen LogP contribution in [0.15, 0.2) is 30.3 Å². The average Bonchev–Trinajstić information content (AvgIpc) is 2.92. The van der Waals surface area contributed by atoms with Crippen LogP contribution in [0.1, 0.15) is 10.4 Å². The fourth-order valence-corrected chi connectivity index (χ4v) is 4.13. The van der Waals surface area contributed by atoms with Crippen molar-refractivity contribution in [2.45, 2.75) is 19.1 Å². The number of amides is 1. The zero-order chi connectivity index (χ0) is 15.1. The molecule has 0 saturated carbocycles. The second-order valence-corrected chi connectivity index (χ2v) is 7.14. The number of halogens is 1. The number of carbonyl (C=O) groups is 1. The molecule has 4 nitrogen and oxygen atoms in total. The molecular weight excluding hydrogens is 322 g/mol. The first-order chi connectivity index (χ1) is 10.7. The van der Waals surface area contributed by atoms with Crippen LogP contribution in [-0.4, -0.2) is 30.1 Å². The van der Waals surface area contributed by atoms with Crippen LogP contribution in [0, 0.1) is 0 Å². The summed E-state index contributed by atoms with van der Waals surface area (Å²) in [5.74, 6) is 1.29. The molecule has 2 aliphatic rings. The highest BCUT2D eigenvalue weighted by atomic mass is 35.5. The van der Waals surface area contributed by atoms with Crippen LogP contribution in [0.25, 0.3) is 0 Å². The van der Waals surface area contributed by atoms with Crippen molar-refractivity contribution in [1.82, 2.24) is 4.90 Å². The molecule has 0 unspecified atom stereocenters. The number of rotatable bonds is 1. The van der Waals surface area contributed by atoms with Crippen molar-refractivity contribution in [2.24, 2.45) is 0 Å². The monoisotopic (exact) mass is 335 g/mol. The van der Waals surface area contributed by atoms with Gasteiger partial charge in [-0.25, -0.2) is 0 Å². The third-order valence-corrected chi connectivity index (χ3v) is 5.30. The van der Waals surface area contributed by atoms with Crippen LogP contribution in [0.3, 0.4) is 0 Å². The predicted octanol–water partition coefficient (Wildman–Crippen LogP) is 3.13. The van der Waals surface area contributed by atoms with E-state index < -0.39 is 6.10 Å². The van der Waals surface area contributed by atoms with Gasteiger partial charge in [0, 0.05) is 18.0 Å². The summed E-state index contributed by atoms with van der Waals surface area (Å²) in [5.41, 5.74) is 1.15. The van der Waals surface area contributed by atoms with Gasteiger partial charge in [-0.05, 0) is 30.2 Å². The van der Waals surface area contributed by atoms with E-state index in [4.69, 9.17) is 21.1 Å². The van der Waals surface area contributed by atoms with Gasteiger partial charge in [0.05, 0.1) is 4.34 Å². The lowest BCUT2D eigenvalue weighted by atomic mass is 10.1. The highest BCUT2D eigenvalue weighted by Crippen LogP contribution is 2.33. The van der Waals surface area contributed by atoms with Gasteiger partial charge in [-0.3, -0.25) is 4.79 Å². The minimum Gasteiger partial charge on any atom is -0.485 e. The lowest BCUT2D eigenvalue weighted by molar-refractivity contribution is -0.142. The summed E-state index contributed by atoms with van der Waals surface area (Å²) in [6, 6.07) is 9.37. The van der Waals surface area contributed by atoms with E-state index in [1.165, 1.54) is 4.88 Å². The lowest BCUT2D eigenvalue weighted by Gasteiger charge is -2.32. The van der Waals surface area contributed by atoms with Crippen LogP contribution >= 0.6 is 22.9 Å². The van der Waals surface area contributed by atoms with Gasteiger partial charge in [0.1, 0.15) is 6.61 Å². The normalized spacial score (nSPS) is 19.7. The van der Waals surface area contributed by atoms with E-state index in [9.17, 15) is 4.79 Å². The number of benzene rings is 1. The SMILES string of the molecule is O=C([C@H]1COc2ccccc2O1)N1CCc2sc(Cl)cc2C1. The summed E-state index contributed by atoms with van der Waals surface area (Å²) < 4.78 is 12.2. The molecule has 1 atom stereocenters. The molecule has 1 amide bonds. The summed E-state index contributed by atoms with van der Waals surface area (Å²) in [4.78, 5) is 15.8. The average molecular weight is 336 g/mol. The molecule has 0 bridgehead atoms. The first-order valence-electron chi connectivity index (χ1n) is 7.15. The summed E-state index contributed by atoms with van der Waals surface area (Å²) >= 11 is 7.66. The molecule has 6 heteroatoms. The van der Waals surface area contributed by atoms with Crippen molar-refractivity contribution in [3.05, 3.63) is 45.1 Å². The Labute approximate surface area is 137 Å². The fraction of sp³-hybridized carbons (Fsp3) is 0.312. The number of hydrogen-bond acceptors (Lipinski definition) is 4. The maximum absolute atomic E-state index is 12.7. The molecule has 2 aliphatic heterocycles. The van der Waals surface area contributed by atoms with Gasteiger partial charge >= 0.3 is 0 Å². The van der Waals surface area contributed by atoms with Gasteiger partial charge < -0.3 is 14.4 Å². The molecule has 1 aromatic carbocycles. The Morgan fingerprint density at radius 2 is 2.14 bits per heavy atom. The quantitative estimate of drug-likeness (QED) is 0.803. The molecular formula is C16H14ClNO3S. The zero-order valence-corrected chi connectivity index (χ0v) is 13.3. The molecule has 0 fully saturated rings. The second-order valence-electron chi connectivity index (χ2n) is 5.37. The van der Waals surface area contributed by atoms with E-state index in [-0.39, 0.29) is 12.5 Å². The zero-order valence-electron chi connectivity index (χ0n) is 11.8. The number of ether oxygens (including phenoxy) is 2. The predicted molar refractivity (Wildman–Crippen MR) is 84.8 cm³/mol. The Hall–Kier alpha value is -1.72. The topological polar surface area (TPSA) is 38.8 Å². The Morgan fingerprint density at radius 3 is 3.00 bits per heavy atom. The van der Waals surface area contributed by atoms with Crippen molar-refractivity contribution in [3.8, 4) is 11.5 Å². The lowest BCUT2D eigenvalue weighted by Crippen LogP contribution is -2.47. The molecule has 0 N–H and O–H groups in total. The molecule has 3 heterocycles. The third kappa shape index (κ3) is 2.44. The Bertz CT molecular complexity index is 730. The molecule has 0 spiro atoms. The minimum atomic E-state index is -0.578. The van der Waals surface area contributed by atoms with Crippen molar-refractivity contribution in [1.29, 1.82) is 0 Å². The number of hydrogen-bond donors (Lipinski definition) is 0. The van der Waals surface area contributed by atoms with Crippen molar-refractivity contribution in [2.75, 3.05) is 13.2 Å². The van der Waals surface area contributed by atoms with Gasteiger partial charge in [0.25, 0.3) is 5.91 Å². The van der Waals surface area contributed by atoms with Crippen LogP contribution < -0.4 is 9.47 Å². The van der Waals surface area contributed by atoms with Crippen LogP contribution in [0.2, 0.25) is 4.34 Å². The summed E-state index contributed by atoms with van der Waals surface area (Å²) in [7, 11) is 0. The van der Waals surface area contributed by atoms with Gasteiger partial charge in [0.15, 0.2) is 11.5 Å². The molecule has 0 radical (unpaired) electrons. The highest BCUT2D eigenvalue weighted by molar-refractivity contribution is 7.16. The van der Waals surface area contributed by atoms with Crippen LogP contribution in [0.5, 0.6) is 11.5 Å². The smallest absolute Gasteiger partial charge is 0.267 e. The van der Waals surface area contributed by atoms with E-state index >= 15 is 0 Å². The number of para-hydroxylation sites is 2. The Kier molecular flexibility index (Phi) is 3.47. The maximum atomic E-state index is 12.7. The molecule has 0 aliphatic carbocycles. The first-order valence-corrected chi connectivity index (χ1v) is 8.34. The molecule has 4 rings (SSSR count). The van der Waals surface area contributed by atoms with E-state index in [1.807, 2.05) is 35.2 Å². The summed E-state index contributed by atoms with van der Waals surface area (Å²) in [5, 5.41) is 0. The largest absolute Gasteiger partial charge is 0.485 e. The minimum absolute atomic E-state index is 0.0255. The maximum Gasteiger partial charge on any atom is 0.267 e. The van der Waals surface area contributed by atoms with E-state index in [2.05, 4.69) is 0 Å². The van der Waals surface area contributed by atoms with E-state index in [0.29, 0.717) is 24.6 Å². The molecule has 0 saturated heterocycles. The highest BCUT2D eigenvalue weighted by Gasteiger charge is 2.33. The van der Waals surface area contributed by atoms with E-state index in [0.717, 1.165) is 16.3 Å². The number of fused-ring (bicyclic) bond motifs is 2. The number of thiophene rings is 1. The summed E-state index contributed by atoms with van der Waals surface area (Å²) in [6.07, 6.45) is 0.272. The molecule has 2 aromatic rings. The number of nitrogens with zero attached hydrogens (tertiary/aromatic N) is 1. The fourth-order valence-electron chi connectivity index (χ4n) is 2.83. The van der Waals surface area contributed by atoms with Gasteiger partial charge in [-0.2, -0.15) is 0 Å². The number of carbonyl (C=O) groups excluding carboxylic acids is 1. The molecule has 114 valence electrons. The van der Waals surface area contributed by atoms with Crippen molar-refractivity contribution >= 4 is 28.8 Å². The van der Waals surface area contributed by atoms with Crippen LogP contribution in [-0.2, 0) is 17.8 Å². The standard InChI is InChI=1S/C16H14ClNO3S/c17-15-7-10-8-18(6-5-14(10)22-15)16(19)13-9-20-11-3-1-2-4-12(11)21-13/h1-4,7,13H,5-6,8-9H2/t13-/m1/s1. The van der Waals surface area contributed by atoms with Gasteiger partial charge in [-0.15, -0.1) is 11.3 Å². The van der Waals surface area contributed by atoms with Crippen LogP contribution in [0.4, 0.5) is 0 Å². The molecule has 1 aromatic heterocycles. The second kappa shape index (κ2) is 5.48. The Balaban J connectivity index is 1.49. The van der Waals surface area contributed by atoms with Crippen molar-refractivity contribution in [3.63, 3.8) is 0 Å². The molecule has 22 heavy (non-hydrogen) atoms. The Morgan fingerprint density at radius 1 is 1.32 bits per heavy atom.